The van der Waals surface area contributed by atoms with Crippen LogP contribution in [0.25, 0.3) is 0 Å². The standard InChI is InChI=1S/C11H15BrO/c1-8-4-5-11(13-3)10(6-8)9(2)7-12/h4-6,9H,7H2,1-3H3. The average Bonchev–Trinajstić information content (AvgIpc) is 2.16. The Morgan fingerprint density at radius 3 is 2.69 bits per heavy atom. The number of benzene rings is 1. The van der Waals surface area contributed by atoms with E-state index in [0.717, 1.165) is 11.1 Å². The summed E-state index contributed by atoms with van der Waals surface area (Å²) in [6.45, 7) is 4.29. The number of rotatable bonds is 3. The lowest BCUT2D eigenvalue weighted by molar-refractivity contribution is 0.407. The molecule has 0 N–H and O–H groups in total. The second-order valence-electron chi connectivity index (χ2n) is 3.30. The number of hydrogen-bond acceptors (Lipinski definition) is 1. The Balaban J connectivity index is 3.07. The molecular formula is C11H15BrO. The number of aryl methyl sites for hydroxylation is 1. The van der Waals surface area contributed by atoms with Gasteiger partial charge in [0, 0.05) is 5.33 Å². The van der Waals surface area contributed by atoms with Gasteiger partial charge in [-0.3, -0.25) is 0 Å². The van der Waals surface area contributed by atoms with E-state index in [1.165, 1.54) is 11.1 Å². The third-order valence-corrected chi connectivity index (χ3v) is 3.12. The topological polar surface area (TPSA) is 9.23 Å². The molecule has 13 heavy (non-hydrogen) atoms. The van der Waals surface area contributed by atoms with E-state index < -0.39 is 0 Å². The van der Waals surface area contributed by atoms with E-state index >= 15 is 0 Å². The van der Waals surface area contributed by atoms with Crippen LogP contribution in [0, 0.1) is 6.92 Å². The van der Waals surface area contributed by atoms with Crippen LogP contribution < -0.4 is 4.74 Å². The molecule has 1 nitrogen and oxygen atoms in total. The van der Waals surface area contributed by atoms with Gasteiger partial charge in [0.15, 0.2) is 0 Å². The van der Waals surface area contributed by atoms with Gasteiger partial charge in [-0.05, 0) is 24.5 Å². The van der Waals surface area contributed by atoms with Gasteiger partial charge in [-0.1, -0.05) is 40.5 Å². The molecule has 1 atom stereocenters. The van der Waals surface area contributed by atoms with Gasteiger partial charge in [0.1, 0.15) is 5.75 Å². The zero-order valence-corrected chi connectivity index (χ0v) is 9.89. The maximum absolute atomic E-state index is 5.30. The second kappa shape index (κ2) is 4.66. The average molecular weight is 243 g/mol. The number of hydrogen-bond donors (Lipinski definition) is 0. The highest BCUT2D eigenvalue weighted by molar-refractivity contribution is 9.09. The summed E-state index contributed by atoms with van der Waals surface area (Å²) in [4.78, 5) is 0. The Kier molecular flexibility index (Phi) is 3.79. The van der Waals surface area contributed by atoms with Crippen molar-refractivity contribution in [2.75, 3.05) is 12.4 Å². The van der Waals surface area contributed by atoms with Crippen molar-refractivity contribution < 1.29 is 4.74 Å². The van der Waals surface area contributed by atoms with Gasteiger partial charge in [0.25, 0.3) is 0 Å². The Bertz CT molecular complexity index is 283. The molecule has 0 saturated heterocycles. The molecule has 0 aliphatic rings. The Labute approximate surface area is 88.2 Å². The molecule has 0 fully saturated rings. The van der Waals surface area contributed by atoms with Crippen molar-refractivity contribution >= 4 is 15.9 Å². The summed E-state index contributed by atoms with van der Waals surface area (Å²) in [5, 5.41) is 0.965. The summed E-state index contributed by atoms with van der Waals surface area (Å²) in [5.41, 5.74) is 2.56. The summed E-state index contributed by atoms with van der Waals surface area (Å²) in [5.74, 6) is 1.48. The molecule has 0 aliphatic heterocycles. The highest BCUT2D eigenvalue weighted by atomic mass is 79.9. The third-order valence-electron chi connectivity index (χ3n) is 2.15. The Morgan fingerprint density at radius 2 is 2.15 bits per heavy atom. The van der Waals surface area contributed by atoms with Crippen LogP contribution in [-0.4, -0.2) is 12.4 Å². The van der Waals surface area contributed by atoms with Crippen LogP contribution in [0.5, 0.6) is 5.75 Å². The van der Waals surface area contributed by atoms with Gasteiger partial charge in [0.2, 0.25) is 0 Å². The quantitative estimate of drug-likeness (QED) is 0.738. The van der Waals surface area contributed by atoms with E-state index in [0.29, 0.717) is 5.92 Å². The molecule has 0 amide bonds. The fraction of sp³-hybridized carbons (Fsp3) is 0.455. The first-order chi connectivity index (χ1) is 6.19. The normalized spacial score (nSPS) is 12.6. The third kappa shape index (κ3) is 2.47. The summed E-state index contributed by atoms with van der Waals surface area (Å²) >= 11 is 3.48. The van der Waals surface area contributed by atoms with E-state index in [1.54, 1.807) is 7.11 Å². The van der Waals surface area contributed by atoms with Crippen LogP contribution in [0.4, 0.5) is 0 Å². The first kappa shape index (κ1) is 10.6. The maximum atomic E-state index is 5.30. The van der Waals surface area contributed by atoms with Crippen molar-refractivity contribution in [3.05, 3.63) is 29.3 Å². The highest BCUT2D eigenvalue weighted by Crippen LogP contribution is 2.28. The fourth-order valence-corrected chi connectivity index (χ4v) is 1.67. The molecule has 72 valence electrons. The summed E-state index contributed by atoms with van der Waals surface area (Å²) in [6, 6.07) is 6.29. The molecule has 2 heteroatoms. The molecule has 0 bridgehead atoms. The smallest absolute Gasteiger partial charge is 0.122 e. The molecule has 0 radical (unpaired) electrons. The lowest BCUT2D eigenvalue weighted by atomic mass is 10.00. The van der Waals surface area contributed by atoms with Crippen molar-refractivity contribution in [3.8, 4) is 5.75 Å². The van der Waals surface area contributed by atoms with Crippen LogP contribution in [0.1, 0.15) is 24.0 Å². The summed E-state index contributed by atoms with van der Waals surface area (Å²) < 4.78 is 5.30. The lowest BCUT2D eigenvalue weighted by Crippen LogP contribution is -1.99. The number of ether oxygens (including phenoxy) is 1. The van der Waals surface area contributed by atoms with Gasteiger partial charge in [-0.25, -0.2) is 0 Å². The van der Waals surface area contributed by atoms with E-state index in [-0.39, 0.29) is 0 Å². The molecule has 0 aliphatic carbocycles. The molecule has 1 rings (SSSR count). The number of halogens is 1. The molecule has 0 aromatic heterocycles. The van der Waals surface area contributed by atoms with Crippen LogP contribution >= 0.6 is 15.9 Å². The largest absolute Gasteiger partial charge is 0.496 e. The van der Waals surface area contributed by atoms with Gasteiger partial charge in [0.05, 0.1) is 7.11 Å². The van der Waals surface area contributed by atoms with Gasteiger partial charge in [-0.2, -0.15) is 0 Å². The molecule has 1 aromatic rings. The minimum absolute atomic E-state index is 0.495. The molecule has 0 heterocycles. The maximum Gasteiger partial charge on any atom is 0.122 e. The Hall–Kier alpha value is -0.500. The lowest BCUT2D eigenvalue weighted by Gasteiger charge is -2.13. The fourth-order valence-electron chi connectivity index (χ4n) is 1.32. The van der Waals surface area contributed by atoms with E-state index in [1.807, 2.05) is 6.07 Å². The van der Waals surface area contributed by atoms with Crippen molar-refractivity contribution in [3.63, 3.8) is 0 Å². The number of alkyl halides is 1. The predicted octanol–water partition coefficient (Wildman–Crippen LogP) is 3.50. The van der Waals surface area contributed by atoms with Crippen molar-refractivity contribution in [1.82, 2.24) is 0 Å². The van der Waals surface area contributed by atoms with Gasteiger partial charge in [-0.15, -0.1) is 0 Å². The molecular weight excluding hydrogens is 228 g/mol. The molecule has 1 unspecified atom stereocenters. The van der Waals surface area contributed by atoms with Crippen molar-refractivity contribution in [2.45, 2.75) is 19.8 Å². The van der Waals surface area contributed by atoms with E-state index in [2.05, 4.69) is 41.9 Å². The van der Waals surface area contributed by atoms with Crippen LogP contribution in [0.15, 0.2) is 18.2 Å². The zero-order valence-electron chi connectivity index (χ0n) is 8.30. The minimum atomic E-state index is 0.495. The molecule has 0 spiro atoms. The zero-order chi connectivity index (χ0) is 9.84. The van der Waals surface area contributed by atoms with Gasteiger partial charge >= 0.3 is 0 Å². The van der Waals surface area contributed by atoms with Crippen molar-refractivity contribution in [1.29, 1.82) is 0 Å². The van der Waals surface area contributed by atoms with E-state index in [9.17, 15) is 0 Å². The summed E-state index contributed by atoms with van der Waals surface area (Å²) in [7, 11) is 1.72. The molecule has 0 saturated carbocycles. The van der Waals surface area contributed by atoms with E-state index in [4.69, 9.17) is 4.74 Å². The van der Waals surface area contributed by atoms with Crippen LogP contribution in [0.2, 0.25) is 0 Å². The first-order valence-corrected chi connectivity index (χ1v) is 5.51. The highest BCUT2D eigenvalue weighted by Gasteiger charge is 2.09. The SMILES string of the molecule is COc1ccc(C)cc1C(C)CBr. The van der Waals surface area contributed by atoms with Crippen LogP contribution in [0.3, 0.4) is 0 Å². The van der Waals surface area contributed by atoms with Crippen molar-refractivity contribution in [2.24, 2.45) is 0 Å². The first-order valence-electron chi connectivity index (χ1n) is 4.39. The van der Waals surface area contributed by atoms with Gasteiger partial charge < -0.3 is 4.74 Å². The minimum Gasteiger partial charge on any atom is -0.496 e. The monoisotopic (exact) mass is 242 g/mol. The van der Waals surface area contributed by atoms with Crippen LogP contribution in [-0.2, 0) is 0 Å². The molecule has 1 aromatic carbocycles. The second-order valence-corrected chi connectivity index (χ2v) is 3.95. The summed E-state index contributed by atoms with van der Waals surface area (Å²) in [6.07, 6.45) is 0. The number of methoxy groups -OCH3 is 1. The predicted molar refractivity (Wildman–Crippen MR) is 59.9 cm³/mol. The Morgan fingerprint density at radius 1 is 1.46 bits per heavy atom.